The molecule has 0 aliphatic carbocycles. The molecule has 0 heterocycles. The average Bonchev–Trinajstić information content (AvgIpc) is 2.35. The highest BCUT2D eigenvalue weighted by Crippen LogP contribution is 2.27. The van der Waals surface area contributed by atoms with E-state index in [9.17, 15) is 0 Å². The minimum absolute atomic E-state index is 1.27. The average molecular weight is 230 g/mol. The van der Waals surface area contributed by atoms with Gasteiger partial charge in [-0.2, -0.15) is 0 Å². The zero-order valence-electron chi connectivity index (χ0n) is 10.1. The van der Waals surface area contributed by atoms with Crippen molar-refractivity contribution in [2.24, 2.45) is 0 Å². The first-order chi connectivity index (χ1) is 7.83. The lowest BCUT2D eigenvalue weighted by molar-refractivity contribution is 1.40. The molecule has 0 saturated heterocycles. The van der Waals surface area contributed by atoms with Crippen LogP contribution in [0, 0.1) is 0 Å². The maximum atomic E-state index is 2.17. The van der Waals surface area contributed by atoms with Crippen molar-refractivity contribution in [3.05, 3.63) is 60.2 Å². The molecule has 0 amide bonds. The SMILES string of the molecule is C/C=C/C=C\C(=C/C)c1ccccc1SC. The molecule has 0 aliphatic rings. The number of hydrogen-bond acceptors (Lipinski definition) is 1. The van der Waals surface area contributed by atoms with Crippen molar-refractivity contribution < 1.29 is 0 Å². The topological polar surface area (TPSA) is 0 Å². The van der Waals surface area contributed by atoms with Gasteiger partial charge in [0.15, 0.2) is 0 Å². The molecule has 0 nitrogen and oxygen atoms in total. The molecule has 0 atom stereocenters. The van der Waals surface area contributed by atoms with Gasteiger partial charge in [-0.1, -0.05) is 48.6 Å². The van der Waals surface area contributed by atoms with Crippen LogP contribution < -0.4 is 0 Å². The van der Waals surface area contributed by atoms with Crippen LogP contribution in [0.3, 0.4) is 0 Å². The van der Waals surface area contributed by atoms with E-state index in [1.54, 1.807) is 11.8 Å². The Bertz CT molecular complexity index is 411. The van der Waals surface area contributed by atoms with Crippen LogP contribution in [0.2, 0.25) is 0 Å². The first-order valence-electron chi connectivity index (χ1n) is 5.42. The fourth-order valence-electron chi connectivity index (χ4n) is 1.49. The Hall–Kier alpha value is -1.21. The fourth-order valence-corrected chi connectivity index (χ4v) is 2.12. The van der Waals surface area contributed by atoms with Crippen LogP contribution in [0.25, 0.3) is 5.57 Å². The second kappa shape index (κ2) is 7.13. The lowest BCUT2D eigenvalue weighted by Gasteiger charge is -2.07. The van der Waals surface area contributed by atoms with Crippen molar-refractivity contribution in [1.29, 1.82) is 0 Å². The maximum absolute atomic E-state index is 2.17. The molecule has 0 radical (unpaired) electrons. The van der Waals surface area contributed by atoms with Crippen molar-refractivity contribution in [3.8, 4) is 0 Å². The highest BCUT2D eigenvalue weighted by atomic mass is 32.2. The number of benzene rings is 1. The molecule has 16 heavy (non-hydrogen) atoms. The van der Waals surface area contributed by atoms with Crippen molar-refractivity contribution in [1.82, 2.24) is 0 Å². The van der Waals surface area contributed by atoms with Gasteiger partial charge in [0.1, 0.15) is 0 Å². The highest BCUT2D eigenvalue weighted by Gasteiger charge is 2.02. The molecule has 1 rings (SSSR count). The van der Waals surface area contributed by atoms with E-state index in [2.05, 4.69) is 55.7 Å². The highest BCUT2D eigenvalue weighted by molar-refractivity contribution is 7.98. The Labute approximate surface area is 103 Å². The van der Waals surface area contributed by atoms with Crippen molar-refractivity contribution in [2.45, 2.75) is 18.7 Å². The molecule has 0 N–H and O–H groups in total. The van der Waals surface area contributed by atoms with Crippen LogP contribution in [0.1, 0.15) is 19.4 Å². The van der Waals surface area contributed by atoms with Crippen LogP contribution in [0.4, 0.5) is 0 Å². The van der Waals surface area contributed by atoms with Gasteiger partial charge in [0, 0.05) is 4.90 Å². The molecule has 0 bridgehead atoms. The summed E-state index contributed by atoms with van der Waals surface area (Å²) >= 11 is 1.79. The van der Waals surface area contributed by atoms with Gasteiger partial charge in [0.25, 0.3) is 0 Å². The molecule has 0 aliphatic heterocycles. The number of hydrogen-bond donors (Lipinski definition) is 0. The van der Waals surface area contributed by atoms with Gasteiger partial charge in [-0.3, -0.25) is 0 Å². The summed E-state index contributed by atoms with van der Waals surface area (Å²) in [4.78, 5) is 1.32. The molecule has 1 aromatic rings. The Morgan fingerprint density at radius 1 is 1.12 bits per heavy atom. The molecule has 1 heteroatoms. The molecule has 0 fully saturated rings. The molecular weight excluding hydrogens is 212 g/mol. The second-order valence-corrected chi connectivity index (χ2v) is 4.18. The third-order valence-corrected chi connectivity index (χ3v) is 3.10. The molecule has 1 aromatic carbocycles. The summed E-state index contributed by atoms with van der Waals surface area (Å²) < 4.78 is 0. The van der Waals surface area contributed by atoms with Crippen LogP contribution in [-0.4, -0.2) is 6.26 Å². The molecule has 0 aromatic heterocycles. The van der Waals surface area contributed by atoms with E-state index in [1.807, 2.05) is 19.1 Å². The lowest BCUT2D eigenvalue weighted by Crippen LogP contribution is -1.84. The van der Waals surface area contributed by atoms with Gasteiger partial charge in [-0.25, -0.2) is 0 Å². The number of allylic oxidation sites excluding steroid dienone is 6. The van der Waals surface area contributed by atoms with E-state index in [0.717, 1.165) is 0 Å². The molecule has 0 spiro atoms. The van der Waals surface area contributed by atoms with Gasteiger partial charge < -0.3 is 0 Å². The second-order valence-electron chi connectivity index (χ2n) is 3.33. The lowest BCUT2D eigenvalue weighted by atomic mass is 10.1. The van der Waals surface area contributed by atoms with E-state index >= 15 is 0 Å². The minimum atomic E-state index is 1.27. The Morgan fingerprint density at radius 2 is 1.88 bits per heavy atom. The van der Waals surface area contributed by atoms with Crippen LogP contribution in [-0.2, 0) is 0 Å². The predicted molar refractivity (Wildman–Crippen MR) is 75.8 cm³/mol. The zero-order chi connectivity index (χ0) is 11.8. The van der Waals surface area contributed by atoms with E-state index in [0.29, 0.717) is 0 Å². The van der Waals surface area contributed by atoms with Crippen LogP contribution in [0.15, 0.2) is 59.5 Å². The predicted octanol–water partition coefficient (Wildman–Crippen LogP) is 4.94. The quantitative estimate of drug-likeness (QED) is 0.521. The first kappa shape index (κ1) is 12.9. The van der Waals surface area contributed by atoms with Crippen LogP contribution >= 0.6 is 11.8 Å². The third-order valence-electron chi connectivity index (χ3n) is 2.31. The minimum Gasteiger partial charge on any atom is -0.129 e. The Kier molecular flexibility index (Phi) is 5.73. The number of rotatable bonds is 4. The molecule has 0 unspecified atom stereocenters. The maximum Gasteiger partial charge on any atom is 0.0147 e. The normalized spacial score (nSPS) is 12.8. The Morgan fingerprint density at radius 3 is 2.50 bits per heavy atom. The Balaban J connectivity index is 3.05. The van der Waals surface area contributed by atoms with Crippen molar-refractivity contribution in [3.63, 3.8) is 0 Å². The van der Waals surface area contributed by atoms with Crippen molar-refractivity contribution in [2.75, 3.05) is 6.26 Å². The molecule has 0 saturated carbocycles. The summed E-state index contributed by atoms with van der Waals surface area (Å²) in [5, 5.41) is 0. The van der Waals surface area contributed by atoms with Crippen LogP contribution in [0.5, 0.6) is 0 Å². The number of thioether (sulfide) groups is 1. The smallest absolute Gasteiger partial charge is 0.0147 e. The third kappa shape index (κ3) is 3.42. The standard InChI is InChI=1S/C15H18S/c1-4-6-7-10-13(5-2)14-11-8-9-12-15(14)16-3/h4-12H,1-3H3/b6-4+,10-7-,13-5+. The van der Waals surface area contributed by atoms with E-state index < -0.39 is 0 Å². The van der Waals surface area contributed by atoms with E-state index in [4.69, 9.17) is 0 Å². The van der Waals surface area contributed by atoms with E-state index in [-0.39, 0.29) is 0 Å². The largest absolute Gasteiger partial charge is 0.129 e. The molecular formula is C15H18S. The van der Waals surface area contributed by atoms with Crippen molar-refractivity contribution >= 4 is 17.3 Å². The van der Waals surface area contributed by atoms with Gasteiger partial charge in [-0.15, -0.1) is 11.8 Å². The summed E-state index contributed by atoms with van der Waals surface area (Å²) in [6.45, 7) is 4.10. The van der Waals surface area contributed by atoms with Gasteiger partial charge >= 0.3 is 0 Å². The van der Waals surface area contributed by atoms with Gasteiger partial charge in [0.05, 0.1) is 0 Å². The summed E-state index contributed by atoms with van der Waals surface area (Å²) in [7, 11) is 0. The summed E-state index contributed by atoms with van der Waals surface area (Å²) in [5.74, 6) is 0. The first-order valence-corrected chi connectivity index (χ1v) is 6.65. The summed E-state index contributed by atoms with van der Waals surface area (Å²) in [6.07, 6.45) is 12.6. The zero-order valence-corrected chi connectivity index (χ0v) is 10.9. The van der Waals surface area contributed by atoms with E-state index in [1.165, 1.54) is 16.0 Å². The summed E-state index contributed by atoms with van der Waals surface area (Å²) in [5.41, 5.74) is 2.57. The fraction of sp³-hybridized carbons (Fsp3) is 0.200. The summed E-state index contributed by atoms with van der Waals surface area (Å²) in [6, 6.07) is 8.49. The monoisotopic (exact) mass is 230 g/mol. The van der Waals surface area contributed by atoms with Gasteiger partial charge in [0.2, 0.25) is 0 Å². The van der Waals surface area contributed by atoms with Gasteiger partial charge in [-0.05, 0) is 37.3 Å². The molecule has 84 valence electrons.